The van der Waals surface area contributed by atoms with Crippen molar-refractivity contribution in [3.05, 3.63) is 65.7 Å². The summed E-state index contributed by atoms with van der Waals surface area (Å²) in [5, 5.41) is 9.08. The number of amides is 1. The van der Waals surface area contributed by atoms with Gasteiger partial charge >= 0.3 is 0 Å². The van der Waals surface area contributed by atoms with Crippen molar-refractivity contribution in [2.45, 2.75) is 5.92 Å². The van der Waals surface area contributed by atoms with E-state index in [1.54, 1.807) is 5.48 Å². The van der Waals surface area contributed by atoms with Gasteiger partial charge in [-0.2, -0.15) is 0 Å². The molecule has 0 aliphatic heterocycles. The highest BCUT2D eigenvalue weighted by atomic mass is 16.5. The quantitative estimate of drug-likeness (QED) is 0.605. The van der Waals surface area contributed by atoms with Gasteiger partial charge in [-0.05, 0) is 37.4 Å². The summed E-state index contributed by atoms with van der Waals surface area (Å²) in [5.41, 5.74) is 4.56. The standard InChI is InChI=1S/C19H25N3O2/c1-21(2)13-14-22(3)17-11-9-16(10-12-17)18(19(23)20-24)15-7-5-4-6-8-15/h4-12,18,24H,13-14H2,1-3H3,(H,20,23). The fraction of sp³-hybridized carbons (Fsp3) is 0.316. The molecule has 2 rings (SSSR count). The highest BCUT2D eigenvalue weighted by molar-refractivity contribution is 5.86. The highest BCUT2D eigenvalue weighted by Gasteiger charge is 2.22. The van der Waals surface area contributed by atoms with E-state index >= 15 is 0 Å². The monoisotopic (exact) mass is 327 g/mol. The molecular formula is C19H25N3O2. The minimum absolute atomic E-state index is 0.435. The van der Waals surface area contributed by atoms with Gasteiger partial charge in [0.25, 0.3) is 5.91 Å². The van der Waals surface area contributed by atoms with Crippen molar-refractivity contribution in [2.75, 3.05) is 39.1 Å². The maximum absolute atomic E-state index is 12.1. The van der Waals surface area contributed by atoms with Crippen molar-refractivity contribution in [2.24, 2.45) is 0 Å². The van der Waals surface area contributed by atoms with Gasteiger partial charge in [-0.1, -0.05) is 42.5 Å². The largest absolute Gasteiger partial charge is 0.373 e. The molecule has 2 aromatic carbocycles. The molecule has 1 amide bonds. The molecule has 0 saturated heterocycles. The molecule has 2 N–H and O–H groups in total. The van der Waals surface area contributed by atoms with Crippen LogP contribution in [0.3, 0.4) is 0 Å². The van der Waals surface area contributed by atoms with Gasteiger partial charge in [0.15, 0.2) is 0 Å². The van der Waals surface area contributed by atoms with Crippen molar-refractivity contribution < 1.29 is 10.0 Å². The Morgan fingerprint density at radius 2 is 1.54 bits per heavy atom. The number of hydroxylamine groups is 1. The van der Waals surface area contributed by atoms with Gasteiger partial charge in [0.05, 0.1) is 5.92 Å². The molecule has 0 heterocycles. The van der Waals surface area contributed by atoms with Crippen LogP contribution in [-0.4, -0.2) is 50.2 Å². The number of anilines is 1. The van der Waals surface area contributed by atoms with Crippen LogP contribution in [0.1, 0.15) is 17.0 Å². The lowest BCUT2D eigenvalue weighted by Crippen LogP contribution is -2.29. The molecule has 0 aromatic heterocycles. The Labute approximate surface area is 143 Å². The zero-order valence-corrected chi connectivity index (χ0v) is 14.4. The molecular weight excluding hydrogens is 302 g/mol. The Kier molecular flexibility index (Phi) is 6.35. The molecule has 5 nitrogen and oxygen atoms in total. The van der Waals surface area contributed by atoms with E-state index in [1.807, 2.05) is 61.6 Å². The number of nitrogens with zero attached hydrogens (tertiary/aromatic N) is 2. The van der Waals surface area contributed by atoms with Crippen molar-refractivity contribution in [3.63, 3.8) is 0 Å². The minimum Gasteiger partial charge on any atom is -0.373 e. The molecule has 1 unspecified atom stereocenters. The van der Waals surface area contributed by atoms with E-state index in [9.17, 15) is 4.79 Å². The third-order valence-electron chi connectivity index (χ3n) is 4.06. The van der Waals surface area contributed by atoms with Crippen LogP contribution >= 0.6 is 0 Å². The Morgan fingerprint density at radius 3 is 2.08 bits per heavy atom. The number of benzene rings is 2. The SMILES string of the molecule is CN(C)CCN(C)c1ccc(C(C(=O)NO)c2ccccc2)cc1. The van der Waals surface area contributed by atoms with Crippen molar-refractivity contribution in [1.82, 2.24) is 10.4 Å². The minimum atomic E-state index is -0.530. The van der Waals surface area contributed by atoms with Gasteiger partial charge in [-0.25, -0.2) is 5.48 Å². The van der Waals surface area contributed by atoms with Gasteiger partial charge in [-0.3, -0.25) is 10.0 Å². The van der Waals surface area contributed by atoms with E-state index in [-0.39, 0.29) is 0 Å². The Morgan fingerprint density at radius 1 is 0.958 bits per heavy atom. The summed E-state index contributed by atoms with van der Waals surface area (Å²) in [4.78, 5) is 16.4. The molecule has 0 radical (unpaired) electrons. The molecule has 24 heavy (non-hydrogen) atoms. The number of likely N-dealkylation sites (N-methyl/N-ethyl adjacent to an activating group) is 2. The van der Waals surface area contributed by atoms with E-state index in [4.69, 9.17) is 5.21 Å². The van der Waals surface area contributed by atoms with E-state index in [0.717, 1.165) is 29.9 Å². The normalized spacial score (nSPS) is 12.0. The predicted molar refractivity (Wildman–Crippen MR) is 96.5 cm³/mol. The summed E-state index contributed by atoms with van der Waals surface area (Å²) in [5.74, 6) is -0.966. The summed E-state index contributed by atoms with van der Waals surface area (Å²) in [6, 6.07) is 17.3. The number of carbonyl (C=O) groups is 1. The summed E-state index contributed by atoms with van der Waals surface area (Å²) in [6.07, 6.45) is 0. The summed E-state index contributed by atoms with van der Waals surface area (Å²) >= 11 is 0. The van der Waals surface area contributed by atoms with Crippen LogP contribution in [0.5, 0.6) is 0 Å². The third-order valence-corrected chi connectivity index (χ3v) is 4.06. The number of rotatable bonds is 7. The van der Waals surface area contributed by atoms with E-state index in [1.165, 1.54) is 0 Å². The van der Waals surface area contributed by atoms with Crippen LogP contribution < -0.4 is 10.4 Å². The smallest absolute Gasteiger partial charge is 0.255 e. The van der Waals surface area contributed by atoms with E-state index in [0.29, 0.717) is 0 Å². The molecule has 0 aliphatic rings. The number of hydrogen-bond donors (Lipinski definition) is 2. The maximum Gasteiger partial charge on any atom is 0.255 e. The van der Waals surface area contributed by atoms with Crippen molar-refractivity contribution >= 4 is 11.6 Å². The fourth-order valence-electron chi connectivity index (χ4n) is 2.61. The van der Waals surface area contributed by atoms with Crippen LogP contribution in [0, 0.1) is 0 Å². The van der Waals surface area contributed by atoms with E-state index in [2.05, 4.69) is 23.9 Å². The Bertz CT molecular complexity index is 641. The second-order valence-electron chi connectivity index (χ2n) is 6.14. The molecule has 128 valence electrons. The average molecular weight is 327 g/mol. The third kappa shape index (κ3) is 4.57. The van der Waals surface area contributed by atoms with E-state index < -0.39 is 11.8 Å². The molecule has 2 aromatic rings. The highest BCUT2D eigenvalue weighted by Crippen LogP contribution is 2.26. The lowest BCUT2D eigenvalue weighted by Gasteiger charge is -2.22. The fourth-order valence-corrected chi connectivity index (χ4v) is 2.61. The first-order valence-corrected chi connectivity index (χ1v) is 7.97. The molecule has 0 aliphatic carbocycles. The van der Waals surface area contributed by atoms with Gasteiger partial charge in [0, 0.05) is 25.8 Å². The molecule has 1 atom stereocenters. The first-order chi connectivity index (χ1) is 11.5. The second-order valence-corrected chi connectivity index (χ2v) is 6.14. The summed E-state index contributed by atoms with van der Waals surface area (Å²) in [6.45, 7) is 1.89. The summed E-state index contributed by atoms with van der Waals surface area (Å²) < 4.78 is 0. The second kappa shape index (κ2) is 8.47. The number of hydrogen-bond acceptors (Lipinski definition) is 4. The Balaban J connectivity index is 2.21. The van der Waals surface area contributed by atoms with Crippen LogP contribution in [0.4, 0.5) is 5.69 Å². The van der Waals surface area contributed by atoms with Crippen LogP contribution in [0.25, 0.3) is 0 Å². The number of carbonyl (C=O) groups excluding carboxylic acids is 1. The molecule has 0 bridgehead atoms. The van der Waals surface area contributed by atoms with Crippen molar-refractivity contribution in [3.8, 4) is 0 Å². The zero-order valence-electron chi connectivity index (χ0n) is 14.4. The Hall–Kier alpha value is -2.37. The zero-order chi connectivity index (χ0) is 17.5. The lowest BCUT2D eigenvalue weighted by atomic mass is 9.90. The van der Waals surface area contributed by atoms with Crippen molar-refractivity contribution in [1.29, 1.82) is 0 Å². The van der Waals surface area contributed by atoms with Crippen LogP contribution in [0.2, 0.25) is 0 Å². The molecule has 0 fully saturated rings. The van der Waals surface area contributed by atoms with Gasteiger partial charge < -0.3 is 9.80 Å². The first-order valence-electron chi connectivity index (χ1n) is 7.97. The molecule has 0 spiro atoms. The van der Waals surface area contributed by atoms with Gasteiger partial charge in [0.2, 0.25) is 0 Å². The molecule has 0 saturated carbocycles. The van der Waals surface area contributed by atoms with Crippen LogP contribution in [0.15, 0.2) is 54.6 Å². The lowest BCUT2D eigenvalue weighted by molar-refractivity contribution is -0.129. The van der Waals surface area contributed by atoms with Gasteiger partial charge in [0.1, 0.15) is 0 Å². The average Bonchev–Trinajstić information content (AvgIpc) is 2.61. The maximum atomic E-state index is 12.1. The predicted octanol–water partition coefficient (Wildman–Crippen LogP) is 2.32. The molecule has 5 heteroatoms. The topological polar surface area (TPSA) is 55.8 Å². The summed E-state index contributed by atoms with van der Waals surface area (Å²) in [7, 11) is 6.15. The number of nitrogens with one attached hydrogen (secondary N) is 1. The van der Waals surface area contributed by atoms with Crippen LogP contribution in [-0.2, 0) is 4.79 Å². The van der Waals surface area contributed by atoms with Gasteiger partial charge in [-0.15, -0.1) is 0 Å². The first kappa shape index (κ1) is 18.0.